The summed E-state index contributed by atoms with van der Waals surface area (Å²) in [5.41, 5.74) is 1.49. The zero-order valence-corrected chi connectivity index (χ0v) is 14.2. The van der Waals surface area contributed by atoms with Crippen LogP contribution in [0.3, 0.4) is 0 Å². The number of anilines is 1. The molecule has 0 fully saturated rings. The largest absolute Gasteiger partial charge is 0.493 e. The van der Waals surface area contributed by atoms with E-state index in [2.05, 4.69) is 26.4 Å². The Balaban J connectivity index is 1.87. The van der Waals surface area contributed by atoms with Crippen LogP contribution in [0.2, 0.25) is 0 Å². The van der Waals surface area contributed by atoms with Crippen molar-refractivity contribution in [2.75, 3.05) is 18.5 Å². The maximum absolute atomic E-state index is 11.7. The lowest BCUT2D eigenvalue weighted by molar-refractivity contribution is -0.120. The number of amides is 1. The minimum atomic E-state index is -0.271. The van der Waals surface area contributed by atoms with Gasteiger partial charge in [0.1, 0.15) is 5.75 Å². The predicted octanol–water partition coefficient (Wildman–Crippen LogP) is 3.84. The Labute approximate surface area is 143 Å². The lowest BCUT2D eigenvalue weighted by Crippen LogP contribution is -2.16. The molecule has 0 aliphatic carbocycles. The Kier molecular flexibility index (Phi) is 6.62. The number of hydrogen-bond donors (Lipinski definition) is 1. The molecule has 0 saturated heterocycles. The predicted molar refractivity (Wildman–Crippen MR) is 93.9 cm³/mol. The van der Waals surface area contributed by atoms with Crippen molar-refractivity contribution in [1.29, 1.82) is 0 Å². The van der Waals surface area contributed by atoms with Gasteiger partial charge >= 0.3 is 0 Å². The highest BCUT2D eigenvalue weighted by molar-refractivity contribution is 9.10. The summed E-state index contributed by atoms with van der Waals surface area (Å²) in [6.45, 7) is 2.31. The minimum Gasteiger partial charge on any atom is -0.493 e. The number of carbonyl (C=O) groups excluding carboxylic acids is 1. The number of rotatable bonds is 7. The molecule has 1 N–H and O–H groups in total. The van der Waals surface area contributed by atoms with Gasteiger partial charge in [0.05, 0.1) is 12.8 Å². The number of nitrogens with one attached hydrogen (secondary N) is 1. The zero-order valence-electron chi connectivity index (χ0n) is 12.7. The van der Waals surface area contributed by atoms with E-state index in [9.17, 15) is 4.79 Å². The summed E-state index contributed by atoms with van der Waals surface area (Å²) in [7, 11) is 0. The van der Waals surface area contributed by atoms with Crippen LogP contribution >= 0.6 is 15.9 Å². The smallest absolute Gasteiger partial charge is 0.265 e. The van der Waals surface area contributed by atoms with E-state index < -0.39 is 0 Å². The summed E-state index contributed by atoms with van der Waals surface area (Å²) >= 11 is 3.39. The quantitative estimate of drug-likeness (QED) is 0.589. The number of hydrogen-bond acceptors (Lipinski definition) is 4. The number of halogens is 1. The maximum atomic E-state index is 11.7. The molecule has 0 aliphatic heterocycles. The first-order valence-corrected chi connectivity index (χ1v) is 7.91. The Morgan fingerprint density at radius 1 is 1.26 bits per heavy atom. The fraction of sp³-hybridized carbons (Fsp3) is 0.176. The minimum absolute atomic E-state index is 0.163. The summed E-state index contributed by atoms with van der Waals surface area (Å²) in [5, 5.41) is 6.53. The monoisotopic (exact) mass is 376 g/mol. The van der Waals surface area contributed by atoms with Gasteiger partial charge in [0, 0.05) is 15.7 Å². The molecule has 120 valence electrons. The van der Waals surface area contributed by atoms with E-state index in [1.54, 1.807) is 12.1 Å². The molecule has 0 saturated carbocycles. The van der Waals surface area contributed by atoms with Crippen LogP contribution in [0, 0.1) is 0 Å². The lowest BCUT2D eigenvalue weighted by atomic mass is 10.2. The normalized spacial score (nSPS) is 10.5. The molecule has 0 spiro atoms. The molecule has 6 heteroatoms. The fourth-order valence-electron chi connectivity index (χ4n) is 1.82. The summed E-state index contributed by atoms with van der Waals surface area (Å²) in [4.78, 5) is 16.7. The summed E-state index contributed by atoms with van der Waals surface area (Å²) in [6.07, 6.45) is 1.52. The van der Waals surface area contributed by atoms with Crippen LogP contribution in [0.25, 0.3) is 0 Å². The molecule has 23 heavy (non-hydrogen) atoms. The third kappa shape index (κ3) is 5.75. The van der Waals surface area contributed by atoms with Gasteiger partial charge in [-0.3, -0.25) is 4.79 Å². The molecule has 0 unspecified atom stereocenters. The van der Waals surface area contributed by atoms with E-state index in [4.69, 9.17) is 9.57 Å². The van der Waals surface area contributed by atoms with Crippen LogP contribution in [0.5, 0.6) is 5.75 Å². The average Bonchev–Trinajstić information content (AvgIpc) is 2.55. The highest BCUT2D eigenvalue weighted by Crippen LogP contribution is 2.21. The number of nitrogens with zero attached hydrogens (tertiary/aromatic N) is 1. The van der Waals surface area contributed by atoms with Gasteiger partial charge in [-0.1, -0.05) is 39.3 Å². The first-order valence-electron chi connectivity index (χ1n) is 7.11. The van der Waals surface area contributed by atoms with Crippen LogP contribution in [0.1, 0.15) is 12.5 Å². The van der Waals surface area contributed by atoms with Crippen LogP contribution < -0.4 is 10.1 Å². The Bertz CT molecular complexity index is 675. The summed E-state index contributed by atoms with van der Waals surface area (Å²) in [5.74, 6) is 0.435. The van der Waals surface area contributed by atoms with Gasteiger partial charge in [-0.15, -0.1) is 0 Å². The van der Waals surface area contributed by atoms with Crippen molar-refractivity contribution in [3.63, 3.8) is 0 Å². The van der Waals surface area contributed by atoms with E-state index in [1.807, 2.05) is 43.3 Å². The van der Waals surface area contributed by atoms with Gasteiger partial charge in [0.2, 0.25) is 0 Å². The van der Waals surface area contributed by atoms with Gasteiger partial charge < -0.3 is 14.9 Å². The SMILES string of the molecule is CCOc1ccc(Br)cc1/C=N/OCC(=O)Nc1ccccc1. The number of oxime groups is 1. The number of ether oxygens (including phenoxy) is 1. The first-order chi connectivity index (χ1) is 11.2. The molecule has 2 aromatic carbocycles. The van der Waals surface area contributed by atoms with Crippen LogP contribution in [-0.2, 0) is 9.63 Å². The van der Waals surface area contributed by atoms with Crippen molar-refractivity contribution in [1.82, 2.24) is 0 Å². The van der Waals surface area contributed by atoms with Gasteiger partial charge in [0.25, 0.3) is 5.91 Å². The molecule has 0 heterocycles. The van der Waals surface area contributed by atoms with Crippen LogP contribution in [0.15, 0.2) is 58.2 Å². The Morgan fingerprint density at radius 2 is 2.04 bits per heavy atom. The molecule has 0 radical (unpaired) electrons. The van der Waals surface area contributed by atoms with E-state index in [0.717, 1.165) is 15.7 Å². The number of para-hydroxylation sites is 1. The second kappa shape index (κ2) is 8.95. The molecular weight excluding hydrogens is 360 g/mol. The van der Waals surface area contributed by atoms with E-state index in [-0.39, 0.29) is 12.5 Å². The second-order valence-electron chi connectivity index (χ2n) is 4.54. The van der Waals surface area contributed by atoms with Crippen molar-refractivity contribution < 1.29 is 14.4 Å². The Hall–Kier alpha value is -2.34. The molecule has 2 rings (SSSR count). The Morgan fingerprint density at radius 3 is 2.78 bits per heavy atom. The molecule has 5 nitrogen and oxygen atoms in total. The molecule has 2 aromatic rings. The average molecular weight is 377 g/mol. The fourth-order valence-corrected chi connectivity index (χ4v) is 2.19. The third-order valence-corrected chi connectivity index (χ3v) is 3.28. The third-order valence-electron chi connectivity index (χ3n) is 2.79. The molecule has 0 atom stereocenters. The van der Waals surface area contributed by atoms with E-state index in [1.165, 1.54) is 6.21 Å². The van der Waals surface area contributed by atoms with Crippen molar-refractivity contribution in [3.05, 3.63) is 58.6 Å². The van der Waals surface area contributed by atoms with Gasteiger partial charge in [-0.05, 0) is 37.3 Å². The zero-order chi connectivity index (χ0) is 16.5. The van der Waals surface area contributed by atoms with Crippen molar-refractivity contribution in [2.45, 2.75) is 6.92 Å². The topological polar surface area (TPSA) is 59.9 Å². The highest BCUT2D eigenvalue weighted by atomic mass is 79.9. The molecule has 0 aromatic heterocycles. The standard InChI is InChI=1S/C17H17BrN2O3/c1-2-22-16-9-8-14(18)10-13(16)11-19-23-12-17(21)20-15-6-4-3-5-7-15/h3-11H,2,12H2,1H3,(H,20,21)/b19-11+. The maximum Gasteiger partial charge on any atom is 0.265 e. The van der Waals surface area contributed by atoms with Gasteiger partial charge in [-0.25, -0.2) is 0 Å². The molecule has 0 bridgehead atoms. The van der Waals surface area contributed by atoms with E-state index in [0.29, 0.717) is 12.4 Å². The summed E-state index contributed by atoms with van der Waals surface area (Å²) in [6, 6.07) is 14.8. The van der Waals surface area contributed by atoms with Crippen LogP contribution in [-0.4, -0.2) is 25.3 Å². The number of benzene rings is 2. The summed E-state index contributed by atoms with van der Waals surface area (Å²) < 4.78 is 6.41. The lowest BCUT2D eigenvalue weighted by Gasteiger charge is -2.07. The van der Waals surface area contributed by atoms with E-state index >= 15 is 0 Å². The number of carbonyl (C=O) groups is 1. The molecule has 1 amide bonds. The highest BCUT2D eigenvalue weighted by Gasteiger charge is 2.04. The van der Waals surface area contributed by atoms with Gasteiger partial charge in [0.15, 0.2) is 6.61 Å². The van der Waals surface area contributed by atoms with Crippen molar-refractivity contribution >= 4 is 33.7 Å². The second-order valence-corrected chi connectivity index (χ2v) is 5.45. The van der Waals surface area contributed by atoms with Crippen molar-refractivity contribution in [2.24, 2.45) is 5.16 Å². The van der Waals surface area contributed by atoms with Crippen molar-refractivity contribution in [3.8, 4) is 5.75 Å². The van der Waals surface area contributed by atoms with Gasteiger partial charge in [-0.2, -0.15) is 0 Å². The molecule has 0 aliphatic rings. The van der Waals surface area contributed by atoms with Crippen LogP contribution in [0.4, 0.5) is 5.69 Å². The first kappa shape index (κ1) is 17.0. The molecular formula is C17H17BrN2O3.